The minimum absolute atomic E-state index is 0.296. The van der Waals surface area contributed by atoms with Crippen molar-refractivity contribution in [1.82, 2.24) is 0 Å². The van der Waals surface area contributed by atoms with Crippen LogP contribution in [0.5, 0.6) is 11.5 Å². The standard InChI is InChI=1S/C17H21O4P/c1-2-3-5-8-15-11-13-17(14-12-15)21-22(18,19)20-16-9-6-4-7-10-16/h4,6-7,9-14H,2-3,5,8H2,1H3,(H,18,19). The molecule has 0 heterocycles. The summed E-state index contributed by atoms with van der Waals surface area (Å²) in [4.78, 5) is 9.78. The van der Waals surface area contributed by atoms with Crippen LogP contribution in [0.15, 0.2) is 54.6 Å². The second-order valence-corrected chi connectivity index (χ2v) is 6.37. The second kappa shape index (κ2) is 8.02. The van der Waals surface area contributed by atoms with Crippen LogP contribution in [-0.2, 0) is 11.0 Å². The molecule has 2 aromatic rings. The predicted octanol–water partition coefficient (Wildman–Crippen LogP) is 4.98. The molecule has 1 N–H and O–H groups in total. The number of hydrogen-bond donors (Lipinski definition) is 1. The molecule has 0 aliphatic heterocycles. The van der Waals surface area contributed by atoms with E-state index in [2.05, 4.69) is 6.92 Å². The van der Waals surface area contributed by atoms with E-state index in [0.29, 0.717) is 11.5 Å². The lowest BCUT2D eigenvalue weighted by molar-refractivity contribution is 0.291. The summed E-state index contributed by atoms with van der Waals surface area (Å²) in [5.74, 6) is 0.616. The van der Waals surface area contributed by atoms with Crippen LogP contribution in [0.1, 0.15) is 31.7 Å². The molecule has 0 aromatic heterocycles. The summed E-state index contributed by atoms with van der Waals surface area (Å²) >= 11 is 0. The van der Waals surface area contributed by atoms with Crippen molar-refractivity contribution in [3.05, 3.63) is 60.2 Å². The average molecular weight is 320 g/mol. The lowest BCUT2D eigenvalue weighted by Gasteiger charge is -2.14. The normalized spacial score (nSPS) is 13.4. The first-order chi connectivity index (χ1) is 10.6. The zero-order valence-corrected chi connectivity index (χ0v) is 13.5. The Hall–Kier alpha value is -1.77. The molecule has 5 heteroatoms. The van der Waals surface area contributed by atoms with Gasteiger partial charge in [-0.05, 0) is 42.7 Å². The molecule has 0 fully saturated rings. The van der Waals surface area contributed by atoms with Gasteiger partial charge in [0.15, 0.2) is 0 Å². The molecule has 0 saturated heterocycles. The predicted molar refractivity (Wildman–Crippen MR) is 87.2 cm³/mol. The Kier molecular flexibility index (Phi) is 6.05. The smallest absolute Gasteiger partial charge is 0.395 e. The largest absolute Gasteiger partial charge is 0.584 e. The van der Waals surface area contributed by atoms with Gasteiger partial charge in [-0.3, -0.25) is 4.89 Å². The summed E-state index contributed by atoms with van der Waals surface area (Å²) in [6.45, 7) is 2.17. The molecular weight excluding hydrogens is 299 g/mol. The van der Waals surface area contributed by atoms with Crippen molar-refractivity contribution in [1.29, 1.82) is 0 Å². The van der Waals surface area contributed by atoms with Gasteiger partial charge in [0.05, 0.1) is 0 Å². The van der Waals surface area contributed by atoms with E-state index in [-0.39, 0.29) is 0 Å². The first-order valence-electron chi connectivity index (χ1n) is 7.45. The molecule has 118 valence electrons. The monoisotopic (exact) mass is 320 g/mol. The Labute approximate surface area is 131 Å². The number of aryl methyl sites for hydroxylation is 1. The third-order valence-electron chi connectivity index (χ3n) is 3.18. The van der Waals surface area contributed by atoms with E-state index in [0.717, 1.165) is 12.8 Å². The lowest BCUT2D eigenvalue weighted by atomic mass is 10.1. The second-order valence-electron chi connectivity index (χ2n) is 5.07. The Morgan fingerprint density at radius 2 is 1.50 bits per heavy atom. The minimum atomic E-state index is -4.18. The third-order valence-corrected chi connectivity index (χ3v) is 4.06. The fraction of sp³-hybridized carbons (Fsp3) is 0.294. The highest BCUT2D eigenvalue weighted by atomic mass is 31.2. The molecule has 0 amide bonds. The summed E-state index contributed by atoms with van der Waals surface area (Å²) in [5, 5.41) is 0. The van der Waals surface area contributed by atoms with E-state index < -0.39 is 7.82 Å². The maximum absolute atomic E-state index is 12.0. The van der Waals surface area contributed by atoms with Crippen LogP contribution in [0.2, 0.25) is 0 Å². The Morgan fingerprint density at radius 1 is 0.909 bits per heavy atom. The van der Waals surface area contributed by atoms with Crippen LogP contribution in [0.25, 0.3) is 0 Å². The van der Waals surface area contributed by atoms with Crippen LogP contribution in [0.3, 0.4) is 0 Å². The van der Waals surface area contributed by atoms with Crippen LogP contribution in [0, 0.1) is 0 Å². The van der Waals surface area contributed by atoms with Gasteiger partial charge in [0.2, 0.25) is 0 Å². The fourth-order valence-corrected chi connectivity index (χ4v) is 2.88. The molecule has 0 saturated carbocycles. The van der Waals surface area contributed by atoms with E-state index in [1.807, 2.05) is 12.1 Å². The average Bonchev–Trinajstić information content (AvgIpc) is 2.49. The number of benzene rings is 2. The molecule has 0 spiro atoms. The van der Waals surface area contributed by atoms with Crippen LogP contribution in [-0.4, -0.2) is 4.89 Å². The van der Waals surface area contributed by atoms with Gasteiger partial charge in [-0.25, -0.2) is 4.57 Å². The molecule has 0 bridgehead atoms. The van der Waals surface area contributed by atoms with Crippen molar-refractivity contribution in [2.45, 2.75) is 32.6 Å². The third kappa shape index (κ3) is 5.55. The van der Waals surface area contributed by atoms with E-state index >= 15 is 0 Å². The zero-order chi connectivity index (χ0) is 15.8. The van der Waals surface area contributed by atoms with E-state index in [1.165, 1.54) is 18.4 Å². The Balaban J connectivity index is 1.93. The number of phosphoric ester groups is 1. The van der Waals surface area contributed by atoms with Crippen molar-refractivity contribution < 1.29 is 18.5 Å². The molecule has 1 atom stereocenters. The summed E-state index contributed by atoms with van der Waals surface area (Å²) < 4.78 is 22.0. The van der Waals surface area contributed by atoms with Crippen molar-refractivity contribution in [3.8, 4) is 11.5 Å². The number of para-hydroxylation sites is 1. The summed E-state index contributed by atoms with van der Waals surface area (Å²) in [6.07, 6.45) is 4.54. The highest BCUT2D eigenvalue weighted by molar-refractivity contribution is 7.48. The molecule has 4 nitrogen and oxygen atoms in total. The molecule has 2 aromatic carbocycles. The minimum Gasteiger partial charge on any atom is -0.395 e. The van der Waals surface area contributed by atoms with Gasteiger partial charge in [0.1, 0.15) is 11.5 Å². The van der Waals surface area contributed by atoms with Gasteiger partial charge in [0.25, 0.3) is 0 Å². The first kappa shape index (κ1) is 16.6. The molecule has 1 unspecified atom stereocenters. The maximum Gasteiger partial charge on any atom is 0.584 e. The summed E-state index contributed by atoms with van der Waals surface area (Å²) in [7, 11) is -4.18. The molecule has 0 radical (unpaired) electrons. The van der Waals surface area contributed by atoms with E-state index in [1.54, 1.807) is 42.5 Å². The Morgan fingerprint density at radius 3 is 2.09 bits per heavy atom. The molecule has 0 aliphatic carbocycles. The van der Waals surface area contributed by atoms with Crippen molar-refractivity contribution in [3.63, 3.8) is 0 Å². The SMILES string of the molecule is CCCCCc1ccc(OP(=O)(O)Oc2ccccc2)cc1. The van der Waals surface area contributed by atoms with Crippen molar-refractivity contribution >= 4 is 7.82 Å². The molecule has 22 heavy (non-hydrogen) atoms. The number of phosphoric acid groups is 1. The van der Waals surface area contributed by atoms with Crippen molar-refractivity contribution in [2.75, 3.05) is 0 Å². The van der Waals surface area contributed by atoms with Gasteiger partial charge >= 0.3 is 7.82 Å². The van der Waals surface area contributed by atoms with E-state index in [4.69, 9.17) is 9.05 Å². The van der Waals surface area contributed by atoms with Gasteiger partial charge < -0.3 is 9.05 Å². The highest BCUT2D eigenvalue weighted by Crippen LogP contribution is 2.44. The van der Waals surface area contributed by atoms with Gasteiger partial charge in [-0.1, -0.05) is 50.1 Å². The quantitative estimate of drug-likeness (QED) is 0.550. The summed E-state index contributed by atoms with van der Waals surface area (Å²) in [6, 6.07) is 15.7. The van der Waals surface area contributed by atoms with Crippen LogP contribution < -0.4 is 9.05 Å². The van der Waals surface area contributed by atoms with Gasteiger partial charge in [-0.15, -0.1) is 0 Å². The maximum atomic E-state index is 12.0. The van der Waals surface area contributed by atoms with Crippen LogP contribution in [0.4, 0.5) is 0 Å². The topological polar surface area (TPSA) is 55.8 Å². The number of rotatable bonds is 8. The zero-order valence-electron chi connectivity index (χ0n) is 12.6. The van der Waals surface area contributed by atoms with Crippen molar-refractivity contribution in [2.24, 2.45) is 0 Å². The lowest BCUT2D eigenvalue weighted by Crippen LogP contribution is -1.99. The Bertz CT molecular complexity index is 610. The highest BCUT2D eigenvalue weighted by Gasteiger charge is 2.24. The number of hydrogen-bond acceptors (Lipinski definition) is 3. The fourth-order valence-electron chi connectivity index (χ4n) is 2.06. The first-order valence-corrected chi connectivity index (χ1v) is 8.94. The molecule has 2 rings (SSSR count). The van der Waals surface area contributed by atoms with E-state index in [9.17, 15) is 9.46 Å². The van der Waals surface area contributed by atoms with Gasteiger partial charge in [0, 0.05) is 0 Å². The molecular formula is C17H21O4P. The molecule has 0 aliphatic rings. The van der Waals surface area contributed by atoms with Gasteiger partial charge in [-0.2, -0.15) is 0 Å². The number of unbranched alkanes of at least 4 members (excludes halogenated alkanes) is 2. The summed E-state index contributed by atoms with van der Waals surface area (Å²) in [5.41, 5.74) is 1.19. The van der Waals surface area contributed by atoms with Crippen LogP contribution >= 0.6 is 7.82 Å².